The summed E-state index contributed by atoms with van der Waals surface area (Å²) in [5.74, 6) is 0.435. The van der Waals surface area contributed by atoms with E-state index in [1.165, 1.54) is 17.1 Å². The predicted octanol–water partition coefficient (Wildman–Crippen LogP) is 3.98. The fourth-order valence-corrected chi connectivity index (χ4v) is 2.47. The van der Waals surface area contributed by atoms with Crippen molar-refractivity contribution in [3.63, 3.8) is 0 Å². The lowest BCUT2D eigenvalue weighted by Crippen LogP contribution is -1.97. The Morgan fingerprint density at radius 3 is 2.40 bits per heavy atom. The molecule has 10 heteroatoms. The lowest BCUT2D eigenvalue weighted by atomic mass is 10.3. The van der Waals surface area contributed by atoms with E-state index in [0.29, 0.717) is 34.9 Å². The van der Waals surface area contributed by atoms with E-state index in [4.69, 9.17) is 10.2 Å². The minimum Gasteiger partial charge on any atom is -0.444 e. The van der Waals surface area contributed by atoms with Crippen LogP contribution in [0.5, 0.6) is 0 Å². The van der Waals surface area contributed by atoms with Crippen LogP contribution in [0.3, 0.4) is 0 Å². The second-order valence-electron chi connectivity index (χ2n) is 5.95. The number of aromatic nitrogens is 4. The summed E-state index contributed by atoms with van der Waals surface area (Å²) in [6.07, 6.45) is 4.16. The largest absolute Gasteiger partial charge is 0.444 e. The van der Waals surface area contributed by atoms with E-state index in [-0.39, 0.29) is 5.69 Å². The number of nitrogens with two attached hydrogens (primary N) is 1. The topological polar surface area (TPSA) is 112 Å². The van der Waals surface area contributed by atoms with Crippen LogP contribution in [0.15, 0.2) is 65.7 Å². The van der Waals surface area contributed by atoms with Gasteiger partial charge in [0.15, 0.2) is 12.0 Å². The molecule has 8 nitrogen and oxygen atoms in total. The molecular weight excluding hydrogens is 394 g/mol. The van der Waals surface area contributed by atoms with Crippen LogP contribution in [-0.4, -0.2) is 33.1 Å². The number of benzene rings is 1. The number of alkyl halides is 2. The van der Waals surface area contributed by atoms with Gasteiger partial charge in [-0.1, -0.05) is 0 Å². The molecule has 0 aliphatic rings. The molecule has 4 rings (SSSR count). The molecule has 4 aromatic rings. The summed E-state index contributed by atoms with van der Waals surface area (Å²) < 4.78 is 31.8. The standard InChI is InChI=1S/C11H12F2N4.C9H6N2O2/c1-15-9-6-17(16-10(9)11(12)13)8-4-2-7(14)3-5-8;12-5-8-6-13-9(11-8)7-1-3-10-4-2-7/h2-6,11,15H,14H2,1H3;1-6H. The van der Waals surface area contributed by atoms with Gasteiger partial charge < -0.3 is 15.5 Å². The van der Waals surface area contributed by atoms with Gasteiger partial charge in [0, 0.05) is 30.7 Å². The van der Waals surface area contributed by atoms with E-state index >= 15 is 0 Å². The molecule has 0 atom stereocenters. The van der Waals surface area contributed by atoms with E-state index in [0.717, 1.165) is 5.56 Å². The maximum absolute atomic E-state index is 12.7. The van der Waals surface area contributed by atoms with Gasteiger partial charge in [-0.15, -0.1) is 0 Å². The lowest BCUT2D eigenvalue weighted by Gasteiger charge is -2.00. The molecule has 0 fully saturated rings. The van der Waals surface area contributed by atoms with Gasteiger partial charge in [0.25, 0.3) is 6.43 Å². The first kappa shape index (κ1) is 20.6. The first-order valence-electron chi connectivity index (χ1n) is 8.74. The first-order valence-corrected chi connectivity index (χ1v) is 8.74. The molecule has 0 saturated heterocycles. The summed E-state index contributed by atoms with van der Waals surface area (Å²) in [6, 6.07) is 10.4. The van der Waals surface area contributed by atoms with Crippen LogP contribution in [0.4, 0.5) is 20.2 Å². The van der Waals surface area contributed by atoms with Crippen molar-refractivity contribution in [3.8, 4) is 17.1 Å². The van der Waals surface area contributed by atoms with Crippen LogP contribution < -0.4 is 11.1 Å². The Balaban J connectivity index is 0.000000177. The van der Waals surface area contributed by atoms with E-state index < -0.39 is 6.43 Å². The Morgan fingerprint density at radius 1 is 1.17 bits per heavy atom. The molecule has 1 aromatic carbocycles. The smallest absolute Gasteiger partial charge is 0.284 e. The van der Waals surface area contributed by atoms with Gasteiger partial charge in [-0.2, -0.15) is 5.10 Å². The molecule has 30 heavy (non-hydrogen) atoms. The molecule has 0 saturated carbocycles. The molecule has 0 spiro atoms. The normalized spacial score (nSPS) is 10.4. The number of carbonyl (C=O) groups excluding carboxylic acids is 1. The highest BCUT2D eigenvalue weighted by Crippen LogP contribution is 2.26. The number of rotatable bonds is 5. The highest BCUT2D eigenvalue weighted by atomic mass is 19.3. The number of pyridine rings is 1. The molecule has 154 valence electrons. The number of aldehydes is 1. The SMILES string of the molecule is CNc1cn(-c2ccc(N)cc2)nc1C(F)F.O=Cc1coc(-c2ccncc2)n1. The average molecular weight is 412 g/mol. The Bertz CT molecular complexity index is 1090. The third kappa shape index (κ3) is 4.85. The van der Waals surface area contributed by atoms with Gasteiger partial charge >= 0.3 is 0 Å². The monoisotopic (exact) mass is 412 g/mol. The van der Waals surface area contributed by atoms with Crippen molar-refractivity contribution in [2.45, 2.75) is 6.43 Å². The van der Waals surface area contributed by atoms with Gasteiger partial charge in [-0.05, 0) is 36.4 Å². The second kappa shape index (κ2) is 9.41. The third-order valence-electron chi connectivity index (χ3n) is 3.95. The number of nitrogens with zero attached hydrogens (tertiary/aromatic N) is 4. The van der Waals surface area contributed by atoms with Crippen LogP contribution in [0.2, 0.25) is 0 Å². The van der Waals surface area contributed by atoms with Crippen molar-refractivity contribution >= 4 is 17.7 Å². The zero-order chi connectivity index (χ0) is 21.5. The van der Waals surface area contributed by atoms with Crippen molar-refractivity contribution in [2.24, 2.45) is 0 Å². The van der Waals surface area contributed by atoms with Crippen molar-refractivity contribution in [2.75, 3.05) is 18.1 Å². The minimum atomic E-state index is -2.60. The molecule has 0 unspecified atom stereocenters. The predicted molar refractivity (Wildman–Crippen MR) is 108 cm³/mol. The lowest BCUT2D eigenvalue weighted by molar-refractivity contribution is 0.111. The number of carbonyl (C=O) groups is 1. The number of nitrogens with one attached hydrogen (secondary N) is 1. The van der Waals surface area contributed by atoms with E-state index in [1.54, 1.807) is 55.8 Å². The minimum absolute atomic E-state index is 0.260. The maximum Gasteiger partial charge on any atom is 0.284 e. The average Bonchev–Trinajstić information content (AvgIpc) is 3.43. The Kier molecular flexibility index (Phi) is 6.48. The Morgan fingerprint density at radius 2 is 1.87 bits per heavy atom. The molecule has 0 aliphatic carbocycles. The summed E-state index contributed by atoms with van der Waals surface area (Å²) in [6.45, 7) is 0. The highest BCUT2D eigenvalue weighted by Gasteiger charge is 2.17. The van der Waals surface area contributed by atoms with E-state index in [1.807, 2.05) is 0 Å². The summed E-state index contributed by atoms with van der Waals surface area (Å²) in [7, 11) is 1.58. The van der Waals surface area contributed by atoms with Crippen LogP contribution in [0, 0.1) is 0 Å². The first-order chi connectivity index (χ1) is 14.5. The molecule has 3 N–H and O–H groups in total. The van der Waals surface area contributed by atoms with Crippen molar-refractivity contribution in [1.82, 2.24) is 19.7 Å². The van der Waals surface area contributed by atoms with Crippen molar-refractivity contribution in [1.29, 1.82) is 0 Å². The fourth-order valence-electron chi connectivity index (χ4n) is 2.47. The van der Waals surface area contributed by atoms with Crippen molar-refractivity contribution in [3.05, 3.63) is 72.6 Å². The Hall–Kier alpha value is -4.08. The van der Waals surface area contributed by atoms with Gasteiger partial charge in [0.1, 0.15) is 12.0 Å². The molecule has 0 aliphatic heterocycles. The van der Waals surface area contributed by atoms with Gasteiger partial charge in [-0.3, -0.25) is 9.78 Å². The van der Waals surface area contributed by atoms with Crippen LogP contribution in [0.25, 0.3) is 17.1 Å². The van der Waals surface area contributed by atoms with Gasteiger partial charge in [0.2, 0.25) is 5.89 Å². The molecule has 0 radical (unpaired) electrons. The number of anilines is 2. The number of nitrogen functional groups attached to an aromatic ring is 1. The van der Waals surface area contributed by atoms with E-state index in [2.05, 4.69) is 20.4 Å². The second-order valence-corrected chi connectivity index (χ2v) is 5.95. The number of halogens is 2. The quantitative estimate of drug-likeness (QED) is 0.377. The molecule has 0 amide bonds. The van der Waals surface area contributed by atoms with Gasteiger partial charge in [0.05, 0.1) is 17.6 Å². The van der Waals surface area contributed by atoms with Crippen LogP contribution in [0.1, 0.15) is 22.6 Å². The number of hydrogen-bond donors (Lipinski definition) is 2. The van der Waals surface area contributed by atoms with Gasteiger partial charge in [-0.25, -0.2) is 18.4 Å². The fraction of sp³-hybridized carbons (Fsp3) is 0.100. The summed E-state index contributed by atoms with van der Waals surface area (Å²) >= 11 is 0. The number of oxazole rings is 1. The van der Waals surface area contributed by atoms with Crippen molar-refractivity contribution < 1.29 is 18.0 Å². The molecular formula is C20H18F2N6O2. The maximum atomic E-state index is 12.7. The zero-order valence-corrected chi connectivity index (χ0v) is 15.9. The summed E-state index contributed by atoms with van der Waals surface area (Å²) in [5.41, 5.74) is 8.01. The highest BCUT2D eigenvalue weighted by molar-refractivity contribution is 5.72. The van der Waals surface area contributed by atoms with Crippen LogP contribution >= 0.6 is 0 Å². The molecule has 3 heterocycles. The zero-order valence-electron chi connectivity index (χ0n) is 15.9. The van der Waals surface area contributed by atoms with E-state index in [9.17, 15) is 13.6 Å². The molecule has 0 bridgehead atoms. The number of hydrogen-bond acceptors (Lipinski definition) is 7. The summed E-state index contributed by atoms with van der Waals surface area (Å²) in [5, 5.41) is 6.53. The Labute approximate surface area is 170 Å². The summed E-state index contributed by atoms with van der Waals surface area (Å²) in [4.78, 5) is 18.1. The third-order valence-corrected chi connectivity index (χ3v) is 3.95. The van der Waals surface area contributed by atoms with Crippen LogP contribution in [-0.2, 0) is 0 Å². The molecule has 3 aromatic heterocycles.